The van der Waals surface area contributed by atoms with Crippen LogP contribution in [0.25, 0.3) is 11.0 Å². The molecule has 0 bridgehead atoms. The fourth-order valence-corrected chi connectivity index (χ4v) is 3.35. The lowest BCUT2D eigenvalue weighted by Crippen LogP contribution is -2.47. The Balaban J connectivity index is 1.69. The lowest BCUT2D eigenvalue weighted by molar-refractivity contribution is 0.163. The number of imidazole rings is 1. The molecule has 0 aliphatic heterocycles. The largest absolute Gasteiger partial charge is 0.394 e. The van der Waals surface area contributed by atoms with E-state index in [4.69, 9.17) is 0 Å². The SMILES string of the molecule is Cc1nc2ccccc2n1CCNC1(CO)CCCC1. The highest BCUT2D eigenvalue weighted by Gasteiger charge is 2.32. The van der Waals surface area contributed by atoms with Gasteiger partial charge in [0.2, 0.25) is 0 Å². The number of hydrogen-bond acceptors (Lipinski definition) is 3. The average Bonchev–Trinajstić information content (AvgIpc) is 3.05. The van der Waals surface area contributed by atoms with Crippen LogP contribution in [-0.2, 0) is 6.54 Å². The Morgan fingerprint density at radius 1 is 1.30 bits per heavy atom. The molecule has 0 unspecified atom stereocenters. The molecule has 0 saturated heterocycles. The average molecular weight is 273 g/mol. The van der Waals surface area contributed by atoms with E-state index < -0.39 is 0 Å². The van der Waals surface area contributed by atoms with Crippen molar-refractivity contribution in [2.24, 2.45) is 0 Å². The van der Waals surface area contributed by atoms with Gasteiger partial charge in [-0.1, -0.05) is 25.0 Å². The van der Waals surface area contributed by atoms with Gasteiger partial charge < -0.3 is 15.0 Å². The molecule has 0 amide bonds. The molecule has 0 spiro atoms. The molecular formula is C16H23N3O. The van der Waals surface area contributed by atoms with Crippen LogP contribution in [0.5, 0.6) is 0 Å². The number of nitrogens with one attached hydrogen (secondary N) is 1. The Morgan fingerprint density at radius 2 is 2.05 bits per heavy atom. The molecule has 1 saturated carbocycles. The van der Waals surface area contributed by atoms with Gasteiger partial charge >= 0.3 is 0 Å². The molecule has 2 aromatic rings. The minimum absolute atomic E-state index is 0.0374. The highest BCUT2D eigenvalue weighted by atomic mass is 16.3. The van der Waals surface area contributed by atoms with Crippen LogP contribution in [0.4, 0.5) is 0 Å². The summed E-state index contributed by atoms with van der Waals surface area (Å²) in [6.45, 7) is 4.07. The summed E-state index contributed by atoms with van der Waals surface area (Å²) in [5, 5.41) is 13.2. The van der Waals surface area contributed by atoms with E-state index in [1.165, 1.54) is 18.4 Å². The number of benzene rings is 1. The van der Waals surface area contributed by atoms with Gasteiger partial charge in [0.1, 0.15) is 5.82 Å². The number of hydrogen-bond donors (Lipinski definition) is 2. The maximum absolute atomic E-state index is 9.62. The topological polar surface area (TPSA) is 50.1 Å². The lowest BCUT2D eigenvalue weighted by Gasteiger charge is -2.28. The third kappa shape index (κ3) is 2.45. The standard InChI is InChI=1S/C16H23N3O/c1-13-18-14-6-2-3-7-15(14)19(13)11-10-17-16(12-20)8-4-5-9-16/h2-3,6-7,17,20H,4-5,8-12H2,1H3. The zero-order valence-electron chi connectivity index (χ0n) is 12.1. The van der Waals surface area contributed by atoms with E-state index >= 15 is 0 Å². The van der Waals surface area contributed by atoms with Gasteiger partial charge in [0, 0.05) is 18.6 Å². The van der Waals surface area contributed by atoms with E-state index in [9.17, 15) is 5.11 Å². The molecule has 1 aromatic heterocycles. The smallest absolute Gasteiger partial charge is 0.106 e. The van der Waals surface area contributed by atoms with Crippen molar-refractivity contribution in [1.82, 2.24) is 14.9 Å². The van der Waals surface area contributed by atoms with E-state index in [-0.39, 0.29) is 12.1 Å². The summed E-state index contributed by atoms with van der Waals surface area (Å²) in [6.07, 6.45) is 4.63. The molecule has 0 atom stereocenters. The zero-order valence-corrected chi connectivity index (χ0v) is 12.1. The molecule has 1 aromatic carbocycles. The zero-order chi connectivity index (χ0) is 14.0. The minimum atomic E-state index is -0.0374. The summed E-state index contributed by atoms with van der Waals surface area (Å²) in [5.74, 6) is 1.05. The van der Waals surface area contributed by atoms with Crippen LogP contribution in [0.3, 0.4) is 0 Å². The molecular weight excluding hydrogens is 250 g/mol. The molecule has 4 nitrogen and oxygen atoms in total. The van der Waals surface area contributed by atoms with E-state index in [0.717, 1.165) is 37.3 Å². The maximum Gasteiger partial charge on any atom is 0.106 e. The molecule has 1 fully saturated rings. The highest BCUT2D eigenvalue weighted by Crippen LogP contribution is 2.29. The predicted octanol–water partition coefficient (Wildman–Crippen LogP) is 2.24. The normalized spacial score (nSPS) is 17.9. The van der Waals surface area contributed by atoms with Gasteiger partial charge in [0.15, 0.2) is 0 Å². The van der Waals surface area contributed by atoms with E-state index in [2.05, 4.69) is 40.0 Å². The summed E-state index contributed by atoms with van der Waals surface area (Å²) in [7, 11) is 0. The number of aliphatic hydroxyl groups excluding tert-OH is 1. The van der Waals surface area contributed by atoms with Crippen LogP contribution in [0, 0.1) is 6.92 Å². The van der Waals surface area contributed by atoms with Gasteiger partial charge in [0.25, 0.3) is 0 Å². The lowest BCUT2D eigenvalue weighted by atomic mass is 9.99. The first-order valence-electron chi connectivity index (χ1n) is 7.52. The third-order valence-corrected chi connectivity index (χ3v) is 4.54. The summed E-state index contributed by atoms with van der Waals surface area (Å²) >= 11 is 0. The fraction of sp³-hybridized carbons (Fsp3) is 0.562. The molecule has 20 heavy (non-hydrogen) atoms. The number of aromatic nitrogens is 2. The van der Waals surface area contributed by atoms with Crippen LogP contribution < -0.4 is 5.32 Å². The van der Waals surface area contributed by atoms with Crippen LogP contribution in [-0.4, -0.2) is 33.3 Å². The quantitative estimate of drug-likeness (QED) is 0.878. The summed E-state index contributed by atoms with van der Waals surface area (Å²) in [6, 6.07) is 8.25. The number of rotatable bonds is 5. The Hall–Kier alpha value is -1.39. The van der Waals surface area contributed by atoms with Crippen molar-refractivity contribution >= 4 is 11.0 Å². The number of fused-ring (bicyclic) bond motifs is 1. The van der Waals surface area contributed by atoms with E-state index in [1.54, 1.807) is 0 Å². The number of nitrogens with zero attached hydrogens (tertiary/aromatic N) is 2. The summed E-state index contributed by atoms with van der Waals surface area (Å²) < 4.78 is 2.25. The van der Waals surface area contributed by atoms with Gasteiger partial charge in [-0.2, -0.15) is 0 Å². The molecule has 1 heterocycles. The predicted molar refractivity (Wildman–Crippen MR) is 80.8 cm³/mol. The minimum Gasteiger partial charge on any atom is -0.394 e. The van der Waals surface area contributed by atoms with Gasteiger partial charge in [-0.05, 0) is 31.9 Å². The fourth-order valence-electron chi connectivity index (χ4n) is 3.35. The van der Waals surface area contributed by atoms with Gasteiger partial charge in [-0.15, -0.1) is 0 Å². The summed E-state index contributed by atoms with van der Waals surface area (Å²) in [4.78, 5) is 4.59. The van der Waals surface area contributed by atoms with Gasteiger partial charge in [-0.3, -0.25) is 0 Å². The Labute approximate surface area is 119 Å². The Kier molecular flexibility index (Phi) is 3.76. The van der Waals surface area contributed by atoms with Crippen molar-refractivity contribution in [2.45, 2.75) is 44.7 Å². The molecule has 1 aliphatic rings. The first kappa shape index (κ1) is 13.6. The van der Waals surface area contributed by atoms with Crippen molar-refractivity contribution in [3.63, 3.8) is 0 Å². The van der Waals surface area contributed by atoms with Crippen LogP contribution >= 0.6 is 0 Å². The monoisotopic (exact) mass is 273 g/mol. The molecule has 1 aliphatic carbocycles. The van der Waals surface area contributed by atoms with Crippen LogP contribution in [0.2, 0.25) is 0 Å². The van der Waals surface area contributed by atoms with E-state index in [1.807, 2.05) is 6.07 Å². The number of aliphatic hydroxyl groups is 1. The second kappa shape index (κ2) is 5.54. The van der Waals surface area contributed by atoms with Crippen LogP contribution in [0.15, 0.2) is 24.3 Å². The number of para-hydroxylation sites is 2. The van der Waals surface area contributed by atoms with Crippen molar-refractivity contribution in [3.8, 4) is 0 Å². The maximum atomic E-state index is 9.62. The summed E-state index contributed by atoms with van der Waals surface area (Å²) in [5.41, 5.74) is 2.21. The number of aryl methyl sites for hydroxylation is 1. The van der Waals surface area contributed by atoms with Crippen molar-refractivity contribution in [2.75, 3.05) is 13.2 Å². The highest BCUT2D eigenvalue weighted by molar-refractivity contribution is 5.75. The Bertz CT molecular complexity index is 584. The van der Waals surface area contributed by atoms with Crippen LogP contribution in [0.1, 0.15) is 31.5 Å². The first-order chi connectivity index (χ1) is 9.74. The molecule has 2 N–H and O–H groups in total. The Morgan fingerprint density at radius 3 is 2.80 bits per heavy atom. The molecule has 3 rings (SSSR count). The second-order valence-corrected chi connectivity index (χ2v) is 5.87. The molecule has 108 valence electrons. The molecule has 0 radical (unpaired) electrons. The third-order valence-electron chi connectivity index (χ3n) is 4.54. The van der Waals surface area contributed by atoms with Crippen molar-refractivity contribution in [3.05, 3.63) is 30.1 Å². The first-order valence-corrected chi connectivity index (χ1v) is 7.52. The van der Waals surface area contributed by atoms with E-state index in [0.29, 0.717) is 0 Å². The van der Waals surface area contributed by atoms with Crippen molar-refractivity contribution in [1.29, 1.82) is 0 Å². The molecule has 4 heteroatoms. The van der Waals surface area contributed by atoms with Gasteiger partial charge in [-0.25, -0.2) is 4.98 Å². The van der Waals surface area contributed by atoms with Crippen molar-refractivity contribution < 1.29 is 5.11 Å². The van der Waals surface area contributed by atoms with Gasteiger partial charge in [0.05, 0.1) is 17.6 Å². The second-order valence-electron chi connectivity index (χ2n) is 5.87.